The summed E-state index contributed by atoms with van der Waals surface area (Å²) in [5.41, 5.74) is 0.224. The van der Waals surface area contributed by atoms with Crippen LogP contribution in [0, 0.1) is 0 Å². The molecule has 1 atom stereocenters. The number of methoxy groups -OCH3 is 1. The van der Waals surface area contributed by atoms with E-state index in [0.717, 1.165) is 19.3 Å². The largest absolute Gasteiger partial charge is 0.464 e. The highest BCUT2D eigenvalue weighted by Crippen LogP contribution is 2.15. The van der Waals surface area contributed by atoms with Crippen molar-refractivity contribution in [3.8, 4) is 0 Å². The molecule has 5 heteroatoms. The molecule has 0 fully saturated rings. The average molecular weight is 233 g/mol. The Morgan fingerprint density at radius 3 is 2.88 bits per heavy atom. The monoisotopic (exact) mass is 233 g/mol. The zero-order valence-corrected chi connectivity index (χ0v) is 9.72. The lowest BCUT2D eigenvalue weighted by atomic mass is 10.0. The quantitative estimate of drug-likeness (QED) is 0.637. The number of aromatic nitrogens is 2. The van der Waals surface area contributed by atoms with Crippen LogP contribution in [0.25, 0.3) is 0 Å². The number of carbonyl (C=O) groups is 1. The van der Waals surface area contributed by atoms with Gasteiger partial charge in [-0.15, -0.1) is 10.2 Å². The van der Waals surface area contributed by atoms with Crippen LogP contribution < -0.4 is 5.32 Å². The third-order valence-corrected chi connectivity index (χ3v) is 2.68. The number of hydrogen-bond acceptors (Lipinski definition) is 5. The number of anilines is 1. The van der Waals surface area contributed by atoms with Gasteiger partial charge in [0.05, 0.1) is 7.11 Å². The molecule has 0 saturated heterocycles. The summed E-state index contributed by atoms with van der Waals surface area (Å²) in [5, 5.41) is 11.1. The Hall–Kier alpha value is -1.91. The number of nitrogens with one attached hydrogen (secondary N) is 1. The maximum Gasteiger partial charge on any atom is 0.358 e. The normalized spacial score (nSPS) is 18.8. The van der Waals surface area contributed by atoms with E-state index < -0.39 is 5.97 Å². The number of carbonyl (C=O) groups excluding carboxylic acids is 1. The first-order chi connectivity index (χ1) is 8.29. The molecule has 1 N–H and O–H groups in total. The highest BCUT2D eigenvalue weighted by Gasteiger charge is 2.11. The third kappa shape index (κ3) is 3.03. The van der Waals surface area contributed by atoms with Gasteiger partial charge in [0, 0.05) is 6.04 Å². The van der Waals surface area contributed by atoms with Gasteiger partial charge in [0.25, 0.3) is 0 Å². The molecule has 0 spiro atoms. The fourth-order valence-corrected chi connectivity index (χ4v) is 1.76. The highest BCUT2D eigenvalue weighted by atomic mass is 16.5. The van der Waals surface area contributed by atoms with Gasteiger partial charge in [-0.1, -0.05) is 12.2 Å². The van der Waals surface area contributed by atoms with Crippen molar-refractivity contribution in [2.24, 2.45) is 0 Å². The molecular formula is C12H15N3O2. The molecule has 1 heterocycles. The summed E-state index contributed by atoms with van der Waals surface area (Å²) < 4.78 is 4.56. The van der Waals surface area contributed by atoms with Crippen molar-refractivity contribution in [1.29, 1.82) is 0 Å². The molecule has 1 aliphatic carbocycles. The number of allylic oxidation sites excluding steroid dienone is 1. The molecule has 5 nitrogen and oxygen atoms in total. The predicted molar refractivity (Wildman–Crippen MR) is 63.8 cm³/mol. The Kier molecular flexibility index (Phi) is 3.69. The van der Waals surface area contributed by atoms with E-state index in [2.05, 4.69) is 32.4 Å². The van der Waals surface area contributed by atoms with Gasteiger partial charge in [-0.3, -0.25) is 0 Å². The second-order valence-corrected chi connectivity index (χ2v) is 3.92. The van der Waals surface area contributed by atoms with Crippen molar-refractivity contribution in [3.63, 3.8) is 0 Å². The summed E-state index contributed by atoms with van der Waals surface area (Å²) >= 11 is 0. The lowest BCUT2D eigenvalue weighted by Crippen LogP contribution is -2.21. The van der Waals surface area contributed by atoms with Crippen LogP contribution in [0.3, 0.4) is 0 Å². The SMILES string of the molecule is COC(=O)c1ccc(NC2CC=CCC2)nn1. The van der Waals surface area contributed by atoms with Gasteiger partial charge in [0.2, 0.25) is 0 Å². The van der Waals surface area contributed by atoms with E-state index in [1.54, 1.807) is 12.1 Å². The van der Waals surface area contributed by atoms with Crippen molar-refractivity contribution < 1.29 is 9.53 Å². The molecule has 0 radical (unpaired) electrons. The zero-order chi connectivity index (χ0) is 12.1. The zero-order valence-electron chi connectivity index (χ0n) is 9.72. The van der Waals surface area contributed by atoms with Crippen molar-refractivity contribution in [3.05, 3.63) is 30.0 Å². The van der Waals surface area contributed by atoms with Crippen molar-refractivity contribution >= 4 is 11.8 Å². The maximum atomic E-state index is 11.2. The lowest BCUT2D eigenvalue weighted by Gasteiger charge is -2.19. The highest BCUT2D eigenvalue weighted by molar-refractivity contribution is 5.86. The third-order valence-electron chi connectivity index (χ3n) is 2.68. The van der Waals surface area contributed by atoms with Gasteiger partial charge in [-0.25, -0.2) is 4.79 Å². The Morgan fingerprint density at radius 2 is 2.29 bits per heavy atom. The molecule has 1 unspecified atom stereocenters. The van der Waals surface area contributed by atoms with Gasteiger partial charge in [-0.2, -0.15) is 0 Å². The molecule has 90 valence electrons. The first-order valence-corrected chi connectivity index (χ1v) is 5.63. The molecule has 0 bridgehead atoms. The average Bonchev–Trinajstić information content (AvgIpc) is 2.40. The molecule has 1 aliphatic rings. The standard InChI is InChI=1S/C12H15N3O2/c1-17-12(16)10-7-8-11(15-14-10)13-9-5-3-2-4-6-9/h2-3,7-9H,4-6H2,1H3,(H,13,15). The van der Waals surface area contributed by atoms with E-state index >= 15 is 0 Å². The number of rotatable bonds is 3. The maximum absolute atomic E-state index is 11.2. The number of hydrogen-bond donors (Lipinski definition) is 1. The summed E-state index contributed by atoms with van der Waals surface area (Å²) in [7, 11) is 1.32. The number of esters is 1. The van der Waals surface area contributed by atoms with Gasteiger partial charge in [0.15, 0.2) is 5.69 Å². The van der Waals surface area contributed by atoms with Crippen LogP contribution in [0.15, 0.2) is 24.3 Å². The van der Waals surface area contributed by atoms with Crippen molar-refractivity contribution in [1.82, 2.24) is 10.2 Å². The van der Waals surface area contributed by atoms with Gasteiger partial charge < -0.3 is 10.1 Å². The molecule has 0 aliphatic heterocycles. The Labute approximate surface area is 99.9 Å². The minimum Gasteiger partial charge on any atom is -0.464 e. The van der Waals surface area contributed by atoms with E-state index in [1.165, 1.54) is 7.11 Å². The van der Waals surface area contributed by atoms with Crippen LogP contribution in [-0.2, 0) is 4.74 Å². The van der Waals surface area contributed by atoms with Gasteiger partial charge >= 0.3 is 5.97 Å². The second kappa shape index (κ2) is 5.43. The van der Waals surface area contributed by atoms with E-state index in [9.17, 15) is 4.79 Å². The number of nitrogens with zero attached hydrogens (tertiary/aromatic N) is 2. The summed E-state index contributed by atoms with van der Waals surface area (Å²) in [4.78, 5) is 11.2. The summed E-state index contributed by atoms with van der Waals surface area (Å²) in [6.07, 6.45) is 7.53. The lowest BCUT2D eigenvalue weighted by molar-refractivity contribution is 0.0593. The van der Waals surface area contributed by atoms with Crippen molar-refractivity contribution in [2.45, 2.75) is 25.3 Å². The first kappa shape index (κ1) is 11.6. The molecule has 0 aromatic carbocycles. The van der Waals surface area contributed by atoms with Crippen LogP contribution in [0.5, 0.6) is 0 Å². The molecule has 1 aromatic rings. The fraction of sp³-hybridized carbons (Fsp3) is 0.417. The van der Waals surface area contributed by atoms with E-state index in [1.807, 2.05) is 0 Å². The molecule has 17 heavy (non-hydrogen) atoms. The van der Waals surface area contributed by atoms with E-state index in [0.29, 0.717) is 11.9 Å². The summed E-state index contributed by atoms with van der Waals surface area (Å²) in [6.45, 7) is 0. The Morgan fingerprint density at radius 1 is 1.41 bits per heavy atom. The second-order valence-electron chi connectivity index (χ2n) is 3.92. The van der Waals surface area contributed by atoms with Crippen LogP contribution in [0.2, 0.25) is 0 Å². The molecule has 1 aromatic heterocycles. The van der Waals surface area contributed by atoms with Crippen LogP contribution in [-0.4, -0.2) is 29.3 Å². The minimum atomic E-state index is -0.468. The van der Waals surface area contributed by atoms with Crippen molar-refractivity contribution in [2.75, 3.05) is 12.4 Å². The molecular weight excluding hydrogens is 218 g/mol. The molecule has 2 rings (SSSR count). The fourth-order valence-electron chi connectivity index (χ4n) is 1.76. The number of ether oxygens (including phenoxy) is 1. The van der Waals surface area contributed by atoms with Gasteiger partial charge in [0.1, 0.15) is 5.82 Å². The first-order valence-electron chi connectivity index (χ1n) is 5.63. The van der Waals surface area contributed by atoms with Crippen LogP contribution in [0.4, 0.5) is 5.82 Å². The van der Waals surface area contributed by atoms with E-state index in [4.69, 9.17) is 0 Å². The summed E-state index contributed by atoms with van der Waals surface area (Å²) in [6, 6.07) is 3.76. The predicted octanol–water partition coefficient (Wildman–Crippen LogP) is 1.78. The molecule has 0 amide bonds. The smallest absolute Gasteiger partial charge is 0.358 e. The topological polar surface area (TPSA) is 64.1 Å². The Balaban J connectivity index is 1.98. The van der Waals surface area contributed by atoms with E-state index in [-0.39, 0.29) is 5.69 Å². The molecule has 0 saturated carbocycles. The Bertz CT molecular complexity index is 414. The summed E-state index contributed by atoms with van der Waals surface area (Å²) in [5.74, 6) is 0.225. The minimum absolute atomic E-state index is 0.224. The van der Waals surface area contributed by atoms with Gasteiger partial charge in [-0.05, 0) is 31.4 Å². The van der Waals surface area contributed by atoms with Crippen LogP contribution in [0.1, 0.15) is 29.8 Å². The van der Waals surface area contributed by atoms with Crippen LogP contribution >= 0.6 is 0 Å².